The summed E-state index contributed by atoms with van der Waals surface area (Å²) in [5, 5.41) is 3.02. The molecule has 0 aliphatic rings. The van der Waals surface area contributed by atoms with Gasteiger partial charge in [-0.2, -0.15) is 0 Å². The summed E-state index contributed by atoms with van der Waals surface area (Å²) in [6.45, 7) is 4.12. The van der Waals surface area contributed by atoms with Crippen molar-refractivity contribution in [3.8, 4) is 17.2 Å². The highest BCUT2D eigenvalue weighted by molar-refractivity contribution is 5.88. The monoisotopic (exact) mass is 518 g/mol. The van der Waals surface area contributed by atoms with Gasteiger partial charge in [-0.3, -0.25) is 9.59 Å². The molecule has 38 heavy (non-hydrogen) atoms. The molecule has 0 saturated heterocycles. The van der Waals surface area contributed by atoms with Crippen molar-refractivity contribution >= 4 is 11.8 Å². The van der Waals surface area contributed by atoms with E-state index >= 15 is 0 Å². The molecule has 0 unspecified atom stereocenters. The minimum atomic E-state index is -0.677. The second-order valence-corrected chi connectivity index (χ2v) is 9.43. The second kappa shape index (κ2) is 14.1. The lowest BCUT2D eigenvalue weighted by atomic mass is 10.0. The van der Waals surface area contributed by atoms with Gasteiger partial charge in [-0.25, -0.2) is 0 Å². The molecular formula is C31H38N2O5. The average molecular weight is 519 g/mol. The zero-order valence-corrected chi connectivity index (χ0v) is 22.9. The van der Waals surface area contributed by atoms with E-state index in [-0.39, 0.29) is 30.8 Å². The quantitative estimate of drug-likeness (QED) is 0.351. The van der Waals surface area contributed by atoms with E-state index in [4.69, 9.17) is 14.2 Å². The SMILES string of the molecule is COc1cccc(CN(C(=O)CCc2ccc(OC)c(OC)c2)[C@H](Cc2ccccc2)C(=O)NC(C)C)c1. The van der Waals surface area contributed by atoms with Crippen molar-refractivity contribution in [2.45, 2.75) is 51.7 Å². The maximum absolute atomic E-state index is 13.8. The van der Waals surface area contributed by atoms with Crippen molar-refractivity contribution in [3.63, 3.8) is 0 Å². The molecule has 0 aliphatic heterocycles. The largest absolute Gasteiger partial charge is 0.497 e. The number of hydrogen-bond acceptors (Lipinski definition) is 5. The van der Waals surface area contributed by atoms with E-state index in [1.54, 1.807) is 26.2 Å². The van der Waals surface area contributed by atoms with E-state index in [0.717, 1.165) is 16.7 Å². The Morgan fingerprint density at radius 1 is 0.789 bits per heavy atom. The third-order valence-electron chi connectivity index (χ3n) is 6.26. The van der Waals surface area contributed by atoms with Crippen molar-refractivity contribution in [1.82, 2.24) is 10.2 Å². The number of rotatable bonds is 13. The predicted molar refractivity (Wildman–Crippen MR) is 149 cm³/mol. The summed E-state index contributed by atoms with van der Waals surface area (Å²) >= 11 is 0. The Balaban J connectivity index is 1.92. The van der Waals surface area contributed by atoms with Gasteiger partial charge >= 0.3 is 0 Å². The van der Waals surface area contributed by atoms with Gasteiger partial charge in [0, 0.05) is 25.4 Å². The van der Waals surface area contributed by atoms with Gasteiger partial charge in [0.15, 0.2) is 11.5 Å². The van der Waals surface area contributed by atoms with Crippen LogP contribution in [0.25, 0.3) is 0 Å². The zero-order chi connectivity index (χ0) is 27.5. The van der Waals surface area contributed by atoms with Gasteiger partial charge in [-0.1, -0.05) is 48.5 Å². The average Bonchev–Trinajstić information content (AvgIpc) is 2.93. The number of aryl methyl sites for hydroxylation is 1. The Kier molecular flexibility index (Phi) is 10.6. The van der Waals surface area contributed by atoms with Crippen LogP contribution in [-0.4, -0.2) is 50.1 Å². The number of nitrogens with one attached hydrogen (secondary N) is 1. The first-order chi connectivity index (χ1) is 18.3. The van der Waals surface area contributed by atoms with Crippen LogP contribution in [0.3, 0.4) is 0 Å². The van der Waals surface area contributed by atoms with E-state index < -0.39 is 6.04 Å². The van der Waals surface area contributed by atoms with Gasteiger partial charge in [0.1, 0.15) is 11.8 Å². The fraction of sp³-hybridized carbons (Fsp3) is 0.355. The van der Waals surface area contributed by atoms with Gasteiger partial charge in [-0.15, -0.1) is 0 Å². The second-order valence-electron chi connectivity index (χ2n) is 9.43. The van der Waals surface area contributed by atoms with E-state index in [9.17, 15) is 9.59 Å². The van der Waals surface area contributed by atoms with Crippen LogP contribution >= 0.6 is 0 Å². The molecule has 202 valence electrons. The third kappa shape index (κ3) is 8.00. The molecule has 7 heteroatoms. The van der Waals surface area contributed by atoms with E-state index in [0.29, 0.717) is 30.1 Å². The number of carbonyl (C=O) groups excluding carboxylic acids is 2. The molecule has 3 aromatic rings. The summed E-state index contributed by atoms with van der Waals surface area (Å²) < 4.78 is 16.1. The van der Waals surface area contributed by atoms with Crippen LogP contribution in [0.2, 0.25) is 0 Å². The van der Waals surface area contributed by atoms with E-state index in [2.05, 4.69) is 5.32 Å². The van der Waals surface area contributed by atoms with Gasteiger partial charge in [-0.05, 0) is 61.2 Å². The lowest BCUT2D eigenvalue weighted by molar-refractivity contribution is -0.141. The smallest absolute Gasteiger partial charge is 0.243 e. The molecule has 0 aromatic heterocycles. The molecule has 0 heterocycles. The molecule has 3 aromatic carbocycles. The van der Waals surface area contributed by atoms with Gasteiger partial charge in [0.05, 0.1) is 21.3 Å². The standard InChI is InChI=1S/C31H38N2O5/c1-22(2)32-31(35)27(19-23-10-7-6-8-11-23)33(21-25-12-9-13-26(18-25)36-3)30(34)17-15-24-14-16-28(37-4)29(20-24)38-5/h6-14,16,18,20,22,27H,15,17,19,21H2,1-5H3,(H,32,35)/t27-/m1/s1. The molecule has 1 N–H and O–H groups in total. The number of hydrogen-bond donors (Lipinski definition) is 1. The van der Waals surface area contributed by atoms with Crippen molar-refractivity contribution < 1.29 is 23.8 Å². The minimum absolute atomic E-state index is 0.0543. The molecule has 0 radical (unpaired) electrons. The van der Waals surface area contributed by atoms with Crippen LogP contribution in [0, 0.1) is 0 Å². The molecule has 0 bridgehead atoms. The third-order valence-corrected chi connectivity index (χ3v) is 6.26. The first kappa shape index (κ1) is 28.6. The van der Waals surface area contributed by atoms with E-state index in [1.807, 2.05) is 86.6 Å². The summed E-state index contributed by atoms with van der Waals surface area (Å²) in [5.41, 5.74) is 2.82. The lowest BCUT2D eigenvalue weighted by Crippen LogP contribution is -2.51. The Morgan fingerprint density at radius 2 is 1.50 bits per heavy atom. The molecule has 0 aliphatic carbocycles. The molecule has 7 nitrogen and oxygen atoms in total. The van der Waals surface area contributed by atoms with Gasteiger partial charge in [0.25, 0.3) is 0 Å². The highest BCUT2D eigenvalue weighted by Gasteiger charge is 2.30. The molecule has 0 fully saturated rings. The number of nitrogens with zero attached hydrogens (tertiary/aromatic N) is 1. The summed E-state index contributed by atoms with van der Waals surface area (Å²) in [4.78, 5) is 29.0. The fourth-order valence-electron chi connectivity index (χ4n) is 4.33. The summed E-state index contributed by atoms with van der Waals surface area (Å²) in [7, 11) is 4.79. The van der Waals surface area contributed by atoms with Crippen LogP contribution in [-0.2, 0) is 29.0 Å². The lowest BCUT2D eigenvalue weighted by Gasteiger charge is -2.32. The summed E-state index contributed by atoms with van der Waals surface area (Å²) in [6, 6.07) is 22.3. The number of ether oxygens (including phenoxy) is 3. The maximum Gasteiger partial charge on any atom is 0.243 e. The summed E-state index contributed by atoms with van der Waals surface area (Å²) in [6.07, 6.45) is 1.14. The molecule has 0 saturated carbocycles. The highest BCUT2D eigenvalue weighted by atomic mass is 16.5. The first-order valence-corrected chi connectivity index (χ1v) is 12.8. The number of carbonyl (C=O) groups is 2. The normalized spacial score (nSPS) is 11.5. The Morgan fingerprint density at radius 3 is 2.16 bits per heavy atom. The Bertz CT molecular complexity index is 1200. The maximum atomic E-state index is 13.8. The molecule has 0 spiro atoms. The van der Waals surface area contributed by atoms with Crippen molar-refractivity contribution in [2.75, 3.05) is 21.3 Å². The van der Waals surface area contributed by atoms with Crippen molar-refractivity contribution in [2.24, 2.45) is 0 Å². The number of methoxy groups -OCH3 is 3. The fourth-order valence-corrected chi connectivity index (χ4v) is 4.33. The molecule has 2 amide bonds. The van der Waals surface area contributed by atoms with E-state index in [1.165, 1.54) is 0 Å². The Hall–Kier alpha value is -4.00. The van der Waals surface area contributed by atoms with Gasteiger partial charge < -0.3 is 24.4 Å². The molecular weight excluding hydrogens is 480 g/mol. The minimum Gasteiger partial charge on any atom is -0.497 e. The zero-order valence-electron chi connectivity index (χ0n) is 22.9. The molecule has 3 rings (SSSR count). The Labute approximate surface area is 225 Å². The van der Waals surface area contributed by atoms with Crippen molar-refractivity contribution in [3.05, 3.63) is 89.5 Å². The molecule has 1 atom stereocenters. The highest BCUT2D eigenvalue weighted by Crippen LogP contribution is 2.28. The predicted octanol–water partition coefficient (Wildman–Crippen LogP) is 4.81. The van der Waals surface area contributed by atoms with Crippen molar-refractivity contribution in [1.29, 1.82) is 0 Å². The first-order valence-electron chi connectivity index (χ1n) is 12.8. The summed E-state index contributed by atoms with van der Waals surface area (Å²) in [5.74, 6) is 1.67. The topological polar surface area (TPSA) is 77.1 Å². The number of benzene rings is 3. The van der Waals surface area contributed by atoms with Crippen LogP contribution in [0.1, 0.15) is 37.0 Å². The van der Waals surface area contributed by atoms with Gasteiger partial charge in [0.2, 0.25) is 11.8 Å². The number of amides is 2. The van der Waals surface area contributed by atoms with Crippen LogP contribution < -0.4 is 19.5 Å². The van der Waals surface area contributed by atoms with Crippen LogP contribution in [0.15, 0.2) is 72.8 Å². The van der Waals surface area contributed by atoms with Crippen LogP contribution in [0.5, 0.6) is 17.2 Å². The van der Waals surface area contributed by atoms with Crippen LogP contribution in [0.4, 0.5) is 0 Å².